The van der Waals surface area contributed by atoms with Crippen molar-refractivity contribution in [3.8, 4) is 22.8 Å². The van der Waals surface area contributed by atoms with Crippen LogP contribution in [0, 0.1) is 0 Å². The Hall–Kier alpha value is -1.78. The van der Waals surface area contributed by atoms with Crippen molar-refractivity contribution in [3.63, 3.8) is 0 Å². The van der Waals surface area contributed by atoms with E-state index in [1.54, 1.807) is 13.3 Å². The zero-order valence-corrected chi connectivity index (χ0v) is 11.9. The van der Waals surface area contributed by atoms with Crippen molar-refractivity contribution in [2.75, 3.05) is 20.3 Å². The van der Waals surface area contributed by atoms with Gasteiger partial charge in [-0.25, -0.2) is 0 Å². The molecule has 1 N–H and O–H groups in total. The second-order valence-corrected chi connectivity index (χ2v) is 4.99. The highest BCUT2D eigenvalue weighted by Crippen LogP contribution is 2.36. The summed E-state index contributed by atoms with van der Waals surface area (Å²) in [5.41, 5.74) is 2.93. The molecule has 0 fully saturated rings. The second-order valence-electron chi connectivity index (χ2n) is 4.55. The highest BCUT2D eigenvalue weighted by molar-refractivity contribution is 6.30. The standard InChI is InChI=1S/C15H15ClN2O2/c1-19-14-7-10(13-3-2-12(16)9-18-13)6-11-8-17-4-5-20-15(11)14/h2-3,6-7,9,17H,4-5,8H2,1H3. The predicted molar refractivity (Wildman–Crippen MR) is 78.4 cm³/mol. The van der Waals surface area contributed by atoms with E-state index in [1.807, 2.05) is 18.2 Å². The number of ether oxygens (including phenoxy) is 2. The number of nitrogens with one attached hydrogen (secondary N) is 1. The molecule has 104 valence electrons. The third-order valence-electron chi connectivity index (χ3n) is 3.22. The van der Waals surface area contributed by atoms with Gasteiger partial charge in [-0.2, -0.15) is 0 Å². The molecule has 2 aromatic rings. The van der Waals surface area contributed by atoms with Crippen molar-refractivity contribution in [1.29, 1.82) is 0 Å². The number of rotatable bonds is 2. The fourth-order valence-electron chi connectivity index (χ4n) is 2.25. The van der Waals surface area contributed by atoms with Crippen molar-refractivity contribution in [3.05, 3.63) is 41.0 Å². The monoisotopic (exact) mass is 290 g/mol. The summed E-state index contributed by atoms with van der Waals surface area (Å²) in [4.78, 5) is 4.35. The SMILES string of the molecule is COc1cc(-c2ccc(Cl)cn2)cc2c1OCCNC2. The summed E-state index contributed by atoms with van der Waals surface area (Å²) >= 11 is 5.88. The molecule has 0 unspecified atom stereocenters. The van der Waals surface area contributed by atoms with E-state index in [-0.39, 0.29) is 0 Å². The normalized spacial score (nSPS) is 14.1. The molecular weight excluding hydrogens is 276 g/mol. The smallest absolute Gasteiger partial charge is 0.165 e. The molecular formula is C15H15ClN2O2. The Labute approximate surface area is 122 Å². The van der Waals surface area contributed by atoms with E-state index >= 15 is 0 Å². The first-order valence-electron chi connectivity index (χ1n) is 6.44. The lowest BCUT2D eigenvalue weighted by Crippen LogP contribution is -2.16. The average molecular weight is 291 g/mol. The Morgan fingerprint density at radius 2 is 2.25 bits per heavy atom. The summed E-state index contributed by atoms with van der Waals surface area (Å²) in [6, 6.07) is 7.75. The van der Waals surface area contributed by atoms with Gasteiger partial charge in [0.1, 0.15) is 6.61 Å². The number of hydrogen-bond donors (Lipinski definition) is 1. The van der Waals surface area contributed by atoms with Crippen molar-refractivity contribution in [2.45, 2.75) is 6.54 Å². The first-order valence-corrected chi connectivity index (χ1v) is 6.82. The maximum Gasteiger partial charge on any atom is 0.165 e. The van der Waals surface area contributed by atoms with Crippen molar-refractivity contribution >= 4 is 11.6 Å². The zero-order chi connectivity index (χ0) is 13.9. The summed E-state index contributed by atoms with van der Waals surface area (Å²) in [6.45, 7) is 2.22. The number of hydrogen-bond acceptors (Lipinski definition) is 4. The van der Waals surface area contributed by atoms with Gasteiger partial charge in [0.05, 0.1) is 17.8 Å². The number of halogens is 1. The van der Waals surface area contributed by atoms with E-state index < -0.39 is 0 Å². The van der Waals surface area contributed by atoms with Gasteiger partial charge in [0.25, 0.3) is 0 Å². The van der Waals surface area contributed by atoms with E-state index in [0.29, 0.717) is 11.6 Å². The van der Waals surface area contributed by atoms with Crippen LogP contribution in [-0.2, 0) is 6.54 Å². The van der Waals surface area contributed by atoms with E-state index in [0.717, 1.165) is 41.4 Å². The van der Waals surface area contributed by atoms with Crippen molar-refractivity contribution in [2.24, 2.45) is 0 Å². The third-order valence-corrected chi connectivity index (χ3v) is 3.44. The van der Waals surface area contributed by atoms with Crippen LogP contribution in [0.4, 0.5) is 0 Å². The summed E-state index contributed by atoms with van der Waals surface area (Å²) < 4.78 is 11.2. The average Bonchev–Trinajstić information content (AvgIpc) is 2.72. The van der Waals surface area contributed by atoms with E-state index in [2.05, 4.69) is 16.4 Å². The van der Waals surface area contributed by atoms with Gasteiger partial charge in [-0.3, -0.25) is 4.98 Å². The number of pyridine rings is 1. The molecule has 3 rings (SSSR count). The maximum atomic E-state index is 5.88. The first-order chi connectivity index (χ1) is 9.78. The van der Waals surface area contributed by atoms with Gasteiger partial charge in [0.15, 0.2) is 11.5 Å². The maximum absolute atomic E-state index is 5.88. The Kier molecular flexibility index (Phi) is 3.76. The Morgan fingerprint density at radius 3 is 3.00 bits per heavy atom. The molecule has 5 heteroatoms. The third kappa shape index (κ3) is 2.57. The number of aromatic nitrogens is 1. The minimum Gasteiger partial charge on any atom is -0.493 e. The Balaban J connectivity index is 2.08. The minimum atomic E-state index is 0.625. The molecule has 1 aliphatic heterocycles. The molecule has 0 radical (unpaired) electrons. The quantitative estimate of drug-likeness (QED) is 0.923. The molecule has 4 nitrogen and oxygen atoms in total. The van der Waals surface area contributed by atoms with Gasteiger partial charge < -0.3 is 14.8 Å². The van der Waals surface area contributed by atoms with Gasteiger partial charge in [0.2, 0.25) is 0 Å². The first kappa shape index (κ1) is 13.2. The lowest BCUT2D eigenvalue weighted by Gasteiger charge is -2.14. The molecule has 0 amide bonds. The van der Waals surface area contributed by atoms with E-state index in [9.17, 15) is 0 Å². The predicted octanol–water partition coefficient (Wildman–Crippen LogP) is 2.89. The van der Waals surface area contributed by atoms with Crippen LogP contribution in [-0.4, -0.2) is 25.2 Å². The van der Waals surface area contributed by atoms with Crippen LogP contribution in [0.3, 0.4) is 0 Å². The van der Waals surface area contributed by atoms with Crippen LogP contribution in [0.2, 0.25) is 5.02 Å². The van der Waals surface area contributed by atoms with Gasteiger partial charge in [-0.05, 0) is 24.3 Å². The summed E-state index contributed by atoms with van der Waals surface area (Å²) in [5.74, 6) is 1.55. The molecule has 1 aliphatic rings. The fraction of sp³-hybridized carbons (Fsp3) is 0.267. The number of benzene rings is 1. The molecule has 0 bridgehead atoms. The lowest BCUT2D eigenvalue weighted by molar-refractivity contribution is 0.302. The molecule has 0 aliphatic carbocycles. The van der Waals surface area contributed by atoms with Crippen LogP contribution < -0.4 is 14.8 Å². The molecule has 0 spiro atoms. The lowest BCUT2D eigenvalue weighted by atomic mass is 10.1. The van der Waals surface area contributed by atoms with E-state index in [4.69, 9.17) is 21.1 Å². The molecule has 0 atom stereocenters. The summed E-state index contributed by atoms with van der Waals surface area (Å²) in [5, 5.41) is 3.95. The molecule has 0 saturated heterocycles. The number of fused-ring (bicyclic) bond motifs is 1. The number of methoxy groups -OCH3 is 1. The molecule has 2 heterocycles. The minimum absolute atomic E-state index is 0.625. The van der Waals surface area contributed by atoms with Gasteiger partial charge in [-0.1, -0.05) is 11.6 Å². The second kappa shape index (κ2) is 5.69. The topological polar surface area (TPSA) is 43.4 Å². The van der Waals surface area contributed by atoms with Gasteiger partial charge in [0, 0.05) is 30.4 Å². The molecule has 1 aromatic carbocycles. The Morgan fingerprint density at radius 1 is 1.35 bits per heavy atom. The van der Waals surface area contributed by atoms with Gasteiger partial charge in [-0.15, -0.1) is 0 Å². The van der Waals surface area contributed by atoms with Crippen LogP contribution in [0.1, 0.15) is 5.56 Å². The molecule has 0 saturated carbocycles. The highest BCUT2D eigenvalue weighted by atomic mass is 35.5. The largest absolute Gasteiger partial charge is 0.493 e. The highest BCUT2D eigenvalue weighted by Gasteiger charge is 2.16. The molecule has 20 heavy (non-hydrogen) atoms. The van der Waals surface area contributed by atoms with Crippen LogP contribution in [0.5, 0.6) is 11.5 Å². The van der Waals surface area contributed by atoms with Crippen molar-refractivity contribution in [1.82, 2.24) is 10.3 Å². The summed E-state index contributed by atoms with van der Waals surface area (Å²) in [6.07, 6.45) is 1.64. The number of nitrogens with zero attached hydrogens (tertiary/aromatic N) is 1. The summed E-state index contributed by atoms with van der Waals surface area (Å²) in [7, 11) is 1.65. The van der Waals surface area contributed by atoms with Crippen molar-refractivity contribution < 1.29 is 9.47 Å². The zero-order valence-electron chi connectivity index (χ0n) is 11.1. The Bertz CT molecular complexity index is 614. The molecule has 1 aromatic heterocycles. The van der Waals surface area contributed by atoms with E-state index in [1.165, 1.54) is 0 Å². The van der Waals surface area contributed by atoms with Gasteiger partial charge >= 0.3 is 0 Å². The van der Waals surface area contributed by atoms with Crippen LogP contribution in [0.15, 0.2) is 30.5 Å². The van der Waals surface area contributed by atoms with Crippen LogP contribution in [0.25, 0.3) is 11.3 Å². The fourth-order valence-corrected chi connectivity index (χ4v) is 2.36. The van der Waals surface area contributed by atoms with Crippen LogP contribution >= 0.6 is 11.6 Å².